The molecule has 0 aromatic carbocycles. The molecule has 1 aromatic heterocycles. The molecule has 0 saturated heterocycles. The zero-order valence-corrected chi connectivity index (χ0v) is 10.0. The van der Waals surface area contributed by atoms with E-state index in [1.165, 1.54) is 11.3 Å². The van der Waals surface area contributed by atoms with E-state index in [1.54, 1.807) is 18.4 Å². The zero-order valence-electron chi connectivity index (χ0n) is 9.21. The van der Waals surface area contributed by atoms with Gasteiger partial charge >= 0.3 is 0 Å². The number of ether oxygens (including phenoxy) is 1. The van der Waals surface area contributed by atoms with Crippen molar-refractivity contribution in [3.05, 3.63) is 21.9 Å². The maximum atomic E-state index is 12.0. The van der Waals surface area contributed by atoms with Gasteiger partial charge in [-0.15, -0.1) is 11.3 Å². The van der Waals surface area contributed by atoms with Gasteiger partial charge in [-0.2, -0.15) is 0 Å². The summed E-state index contributed by atoms with van der Waals surface area (Å²) >= 11 is 1.63. The Morgan fingerprint density at radius 2 is 2.33 bits per heavy atom. The lowest BCUT2D eigenvalue weighted by Gasteiger charge is -2.39. The fourth-order valence-electron chi connectivity index (χ4n) is 2.01. The molecule has 0 radical (unpaired) electrons. The van der Waals surface area contributed by atoms with Crippen LogP contribution in [-0.4, -0.2) is 18.5 Å². The molecule has 1 aromatic rings. The largest absolute Gasteiger partial charge is 0.378 e. The van der Waals surface area contributed by atoms with Crippen molar-refractivity contribution in [2.75, 3.05) is 7.11 Å². The Balaban J connectivity index is 2.03. The summed E-state index contributed by atoms with van der Waals surface area (Å²) in [7, 11) is 1.71. The van der Waals surface area contributed by atoms with Crippen LogP contribution in [0.1, 0.15) is 40.9 Å². The van der Waals surface area contributed by atoms with E-state index < -0.39 is 0 Å². The zero-order chi connectivity index (χ0) is 10.9. The number of hydrogen-bond donors (Lipinski definition) is 0. The summed E-state index contributed by atoms with van der Waals surface area (Å²) in [4.78, 5) is 13.1. The standard InChI is InChI=1S/C12H16O2S/c1-9-6-10(8-15-9)11(13)7-12(14-2)4-3-5-12/h6,8H,3-5,7H2,1-2H3. The molecule has 0 amide bonds. The summed E-state index contributed by atoms with van der Waals surface area (Å²) in [6, 6.07) is 1.97. The van der Waals surface area contributed by atoms with Crippen molar-refractivity contribution in [3.63, 3.8) is 0 Å². The summed E-state index contributed by atoms with van der Waals surface area (Å²) in [6.45, 7) is 2.02. The minimum atomic E-state index is -0.146. The Labute approximate surface area is 94.3 Å². The predicted molar refractivity (Wildman–Crippen MR) is 61.6 cm³/mol. The van der Waals surface area contributed by atoms with Gasteiger partial charge in [-0.25, -0.2) is 0 Å². The van der Waals surface area contributed by atoms with Crippen LogP contribution in [0.5, 0.6) is 0 Å². The van der Waals surface area contributed by atoms with E-state index in [2.05, 4.69) is 0 Å². The fraction of sp³-hybridized carbons (Fsp3) is 0.583. The lowest BCUT2D eigenvalue weighted by Crippen LogP contribution is -2.41. The van der Waals surface area contributed by atoms with Gasteiger partial charge in [-0.05, 0) is 32.3 Å². The van der Waals surface area contributed by atoms with Crippen LogP contribution in [0, 0.1) is 6.92 Å². The van der Waals surface area contributed by atoms with E-state index in [9.17, 15) is 4.79 Å². The molecule has 1 aliphatic carbocycles. The molecule has 1 saturated carbocycles. The molecule has 1 aliphatic rings. The van der Waals surface area contributed by atoms with E-state index in [0.717, 1.165) is 18.4 Å². The lowest BCUT2D eigenvalue weighted by atomic mass is 9.76. The Bertz CT molecular complexity index is 358. The van der Waals surface area contributed by atoms with Gasteiger partial charge < -0.3 is 4.74 Å². The molecule has 0 atom stereocenters. The number of thiophene rings is 1. The van der Waals surface area contributed by atoms with Crippen LogP contribution in [0.3, 0.4) is 0 Å². The average Bonchev–Trinajstić information content (AvgIpc) is 2.58. The van der Waals surface area contributed by atoms with Gasteiger partial charge in [0.2, 0.25) is 0 Å². The number of rotatable bonds is 4. The molecule has 0 spiro atoms. The second-order valence-electron chi connectivity index (χ2n) is 4.29. The van der Waals surface area contributed by atoms with Gasteiger partial charge in [0.1, 0.15) is 0 Å². The average molecular weight is 224 g/mol. The Morgan fingerprint density at radius 3 is 2.73 bits per heavy atom. The van der Waals surface area contributed by atoms with E-state index in [1.807, 2.05) is 18.4 Å². The second-order valence-corrected chi connectivity index (χ2v) is 5.40. The Hall–Kier alpha value is -0.670. The smallest absolute Gasteiger partial charge is 0.166 e. The molecular formula is C12H16O2S. The van der Waals surface area contributed by atoms with Crippen LogP contribution in [0.2, 0.25) is 0 Å². The van der Waals surface area contributed by atoms with Crippen LogP contribution in [0.15, 0.2) is 11.4 Å². The maximum Gasteiger partial charge on any atom is 0.166 e. The third-order valence-corrected chi connectivity index (χ3v) is 4.09. The van der Waals surface area contributed by atoms with Crippen molar-refractivity contribution in [2.24, 2.45) is 0 Å². The molecule has 1 heterocycles. The van der Waals surface area contributed by atoms with Gasteiger partial charge in [-0.1, -0.05) is 0 Å². The lowest BCUT2D eigenvalue weighted by molar-refractivity contribution is -0.0704. The first kappa shape index (κ1) is 10.8. The first-order valence-corrected chi connectivity index (χ1v) is 6.17. The summed E-state index contributed by atoms with van der Waals surface area (Å²) in [5.41, 5.74) is 0.702. The molecule has 0 aliphatic heterocycles. The SMILES string of the molecule is COC1(CC(=O)c2csc(C)c2)CCC1. The number of carbonyl (C=O) groups is 1. The van der Waals surface area contributed by atoms with E-state index in [4.69, 9.17) is 4.74 Å². The molecule has 1 fully saturated rings. The molecule has 15 heavy (non-hydrogen) atoms. The third kappa shape index (κ3) is 2.13. The van der Waals surface area contributed by atoms with Crippen molar-refractivity contribution in [2.45, 2.75) is 38.2 Å². The van der Waals surface area contributed by atoms with Gasteiger partial charge in [0, 0.05) is 29.4 Å². The highest BCUT2D eigenvalue weighted by Crippen LogP contribution is 2.39. The van der Waals surface area contributed by atoms with E-state index >= 15 is 0 Å². The molecular weight excluding hydrogens is 208 g/mol. The molecule has 3 heteroatoms. The minimum Gasteiger partial charge on any atom is -0.378 e. The van der Waals surface area contributed by atoms with Crippen LogP contribution in [-0.2, 0) is 4.74 Å². The Kier molecular flexibility index (Phi) is 2.94. The normalized spacial score (nSPS) is 18.5. The highest BCUT2D eigenvalue weighted by atomic mass is 32.1. The highest BCUT2D eigenvalue weighted by Gasteiger charge is 2.39. The van der Waals surface area contributed by atoms with Gasteiger partial charge in [0.05, 0.1) is 5.60 Å². The topological polar surface area (TPSA) is 26.3 Å². The monoisotopic (exact) mass is 224 g/mol. The van der Waals surface area contributed by atoms with E-state index in [0.29, 0.717) is 6.42 Å². The number of aryl methyl sites for hydroxylation is 1. The number of ketones is 1. The molecule has 2 nitrogen and oxygen atoms in total. The van der Waals surface area contributed by atoms with Gasteiger partial charge in [0.25, 0.3) is 0 Å². The van der Waals surface area contributed by atoms with Crippen molar-refractivity contribution in [1.82, 2.24) is 0 Å². The molecule has 0 bridgehead atoms. The number of carbonyl (C=O) groups excluding carboxylic acids is 1. The van der Waals surface area contributed by atoms with Crippen molar-refractivity contribution < 1.29 is 9.53 Å². The second kappa shape index (κ2) is 4.06. The predicted octanol–water partition coefficient (Wildman–Crippen LogP) is 3.20. The molecule has 2 rings (SSSR count). The fourth-order valence-corrected chi connectivity index (χ4v) is 2.72. The first-order valence-electron chi connectivity index (χ1n) is 5.29. The highest BCUT2D eigenvalue weighted by molar-refractivity contribution is 7.10. The van der Waals surface area contributed by atoms with Crippen LogP contribution in [0.4, 0.5) is 0 Å². The Morgan fingerprint density at radius 1 is 1.60 bits per heavy atom. The minimum absolute atomic E-state index is 0.146. The summed E-state index contributed by atoms with van der Waals surface area (Å²) < 4.78 is 5.46. The van der Waals surface area contributed by atoms with Crippen molar-refractivity contribution >= 4 is 17.1 Å². The summed E-state index contributed by atoms with van der Waals surface area (Å²) in [5, 5.41) is 1.94. The molecule has 0 unspecified atom stereocenters. The molecule has 82 valence electrons. The number of hydrogen-bond acceptors (Lipinski definition) is 3. The van der Waals surface area contributed by atoms with E-state index in [-0.39, 0.29) is 11.4 Å². The van der Waals surface area contributed by atoms with Crippen LogP contribution in [0.25, 0.3) is 0 Å². The first-order chi connectivity index (χ1) is 7.15. The number of Topliss-reactive ketones (excluding diaryl/α,β-unsaturated/α-hetero) is 1. The van der Waals surface area contributed by atoms with Gasteiger partial charge in [-0.3, -0.25) is 4.79 Å². The van der Waals surface area contributed by atoms with Gasteiger partial charge in [0.15, 0.2) is 5.78 Å². The quantitative estimate of drug-likeness (QED) is 0.734. The van der Waals surface area contributed by atoms with Crippen molar-refractivity contribution in [1.29, 1.82) is 0 Å². The number of methoxy groups -OCH3 is 1. The summed E-state index contributed by atoms with van der Waals surface area (Å²) in [6.07, 6.45) is 3.78. The molecule has 0 N–H and O–H groups in total. The van der Waals surface area contributed by atoms with Crippen LogP contribution < -0.4 is 0 Å². The third-order valence-electron chi connectivity index (χ3n) is 3.23. The van der Waals surface area contributed by atoms with Crippen molar-refractivity contribution in [3.8, 4) is 0 Å². The van der Waals surface area contributed by atoms with Crippen LogP contribution >= 0.6 is 11.3 Å². The maximum absolute atomic E-state index is 12.0. The summed E-state index contributed by atoms with van der Waals surface area (Å²) in [5.74, 6) is 0.223.